The Labute approximate surface area is 95.8 Å². The summed E-state index contributed by atoms with van der Waals surface area (Å²) in [5.74, 6) is 0.312. The molecule has 90 valence electrons. The molecule has 0 unspecified atom stereocenters. The lowest BCUT2D eigenvalue weighted by atomic mass is 10.2. The van der Waals surface area contributed by atoms with Crippen LogP contribution >= 0.6 is 0 Å². The zero-order valence-corrected chi connectivity index (χ0v) is 9.74. The second-order valence-corrected chi connectivity index (χ2v) is 4.48. The van der Waals surface area contributed by atoms with E-state index >= 15 is 0 Å². The highest BCUT2D eigenvalue weighted by Gasteiger charge is 2.29. The molecule has 0 aromatic carbocycles. The number of hydrogen-bond acceptors (Lipinski definition) is 3. The second kappa shape index (κ2) is 4.82. The van der Waals surface area contributed by atoms with E-state index in [1.165, 1.54) is 0 Å². The lowest BCUT2D eigenvalue weighted by Crippen LogP contribution is -2.53. The second-order valence-electron chi connectivity index (χ2n) is 4.48. The maximum atomic E-state index is 12.0. The molecule has 0 spiro atoms. The number of carbonyl (C=O) groups is 2. The molecule has 0 aliphatic carbocycles. The van der Waals surface area contributed by atoms with E-state index < -0.39 is 0 Å². The summed E-state index contributed by atoms with van der Waals surface area (Å²) in [6, 6.07) is 0.0175. The summed E-state index contributed by atoms with van der Waals surface area (Å²) in [6.07, 6.45) is 2.04. The SMILES string of the molecule is CC(=O)N1CCN(C(=O)[C@H]2CCCN2)CC1. The molecule has 0 aromatic heterocycles. The van der Waals surface area contributed by atoms with Gasteiger partial charge in [-0.25, -0.2) is 0 Å². The molecule has 2 rings (SSSR count). The summed E-state index contributed by atoms with van der Waals surface area (Å²) in [5, 5.41) is 3.22. The van der Waals surface area contributed by atoms with Crippen molar-refractivity contribution in [2.75, 3.05) is 32.7 Å². The van der Waals surface area contributed by atoms with Gasteiger partial charge in [0.25, 0.3) is 0 Å². The van der Waals surface area contributed by atoms with Crippen molar-refractivity contribution in [3.63, 3.8) is 0 Å². The van der Waals surface area contributed by atoms with Gasteiger partial charge in [0.05, 0.1) is 6.04 Å². The summed E-state index contributed by atoms with van der Waals surface area (Å²) in [4.78, 5) is 26.9. The third kappa shape index (κ3) is 2.35. The van der Waals surface area contributed by atoms with Crippen LogP contribution in [0.3, 0.4) is 0 Å². The van der Waals surface area contributed by atoms with E-state index in [1.807, 2.05) is 4.90 Å². The van der Waals surface area contributed by atoms with Gasteiger partial charge in [-0.15, -0.1) is 0 Å². The van der Waals surface area contributed by atoms with E-state index in [9.17, 15) is 9.59 Å². The third-order valence-corrected chi connectivity index (χ3v) is 3.40. The molecule has 0 aromatic rings. The van der Waals surface area contributed by atoms with Gasteiger partial charge in [0, 0.05) is 33.1 Å². The summed E-state index contributed by atoms with van der Waals surface area (Å²) >= 11 is 0. The molecule has 0 bridgehead atoms. The van der Waals surface area contributed by atoms with Gasteiger partial charge in [-0.1, -0.05) is 0 Å². The zero-order chi connectivity index (χ0) is 11.5. The summed E-state index contributed by atoms with van der Waals surface area (Å²) in [7, 11) is 0. The van der Waals surface area contributed by atoms with Crippen molar-refractivity contribution in [2.24, 2.45) is 0 Å². The van der Waals surface area contributed by atoms with Crippen LogP contribution in [0.5, 0.6) is 0 Å². The van der Waals surface area contributed by atoms with Crippen LogP contribution in [-0.4, -0.2) is 60.4 Å². The van der Waals surface area contributed by atoms with E-state index in [0.29, 0.717) is 26.2 Å². The molecule has 1 N–H and O–H groups in total. The van der Waals surface area contributed by atoms with Crippen molar-refractivity contribution in [1.82, 2.24) is 15.1 Å². The maximum absolute atomic E-state index is 12.0. The molecule has 16 heavy (non-hydrogen) atoms. The van der Waals surface area contributed by atoms with Gasteiger partial charge in [0.1, 0.15) is 0 Å². The highest BCUT2D eigenvalue weighted by Crippen LogP contribution is 2.10. The van der Waals surface area contributed by atoms with Crippen LogP contribution in [0.2, 0.25) is 0 Å². The molecule has 2 fully saturated rings. The van der Waals surface area contributed by atoms with Crippen molar-refractivity contribution in [3.8, 4) is 0 Å². The molecule has 5 nitrogen and oxygen atoms in total. The highest BCUT2D eigenvalue weighted by atomic mass is 16.2. The van der Waals surface area contributed by atoms with E-state index in [4.69, 9.17) is 0 Å². The van der Waals surface area contributed by atoms with Gasteiger partial charge in [-0.3, -0.25) is 9.59 Å². The largest absolute Gasteiger partial charge is 0.339 e. The minimum absolute atomic E-state index is 0.0175. The van der Waals surface area contributed by atoms with Gasteiger partial charge in [0.2, 0.25) is 11.8 Å². The van der Waals surface area contributed by atoms with Crippen LogP contribution in [0.1, 0.15) is 19.8 Å². The van der Waals surface area contributed by atoms with Crippen LogP contribution in [-0.2, 0) is 9.59 Å². The van der Waals surface area contributed by atoms with E-state index in [0.717, 1.165) is 19.4 Å². The maximum Gasteiger partial charge on any atom is 0.239 e. The topological polar surface area (TPSA) is 52.7 Å². The standard InChI is InChI=1S/C11H19N3O2/c1-9(15)13-5-7-14(8-6-13)11(16)10-3-2-4-12-10/h10,12H,2-8H2,1H3/t10-/m1/s1. The number of carbonyl (C=O) groups excluding carboxylic acids is 2. The Balaban J connectivity index is 1.84. The van der Waals surface area contributed by atoms with Crippen LogP contribution in [0.25, 0.3) is 0 Å². The number of nitrogens with one attached hydrogen (secondary N) is 1. The number of piperazine rings is 1. The van der Waals surface area contributed by atoms with Crippen LogP contribution in [0.15, 0.2) is 0 Å². The Morgan fingerprint density at radius 3 is 2.25 bits per heavy atom. The van der Waals surface area contributed by atoms with E-state index in [1.54, 1.807) is 11.8 Å². The van der Waals surface area contributed by atoms with Gasteiger partial charge in [0.15, 0.2) is 0 Å². The van der Waals surface area contributed by atoms with Gasteiger partial charge in [-0.2, -0.15) is 0 Å². The van der Waals surface area contributed by atoms with Crippen LogP contribution < -0.4 is 5.32 Å². The van der Waals surface area contributed by atoms with Crippen LogP contribution in [0, 0.1) is 0 Å². The molecule has 5 heteroatoms. The smallest absolute Gasteiger partial charge is 0.239 e. The predicted octanol–water partition coefficient (Wildman–Crippen LogP) is -0.571. The van der Waals surface area contributed by atoms with Crippen molar-refractivity contribution in [2.45, 2.75) is 25.8 Å². The fourth-order valence-electron chi connectivity index (χ4n) is 2.36. The average Bonchev–Trinajstić information content (AvgIpc) is 2.81. The average molecular weight is 225 g/mol. The minimum Gasteiger partial charge on any atom is -0.339 e. The number of hydrogen-bond donors (Lipinski definition) is 1. The summed E-state index contributed by atoms with van der Waals surface area (Å²) < 4.78 is 0. The molecule has 2 aliphatic rings. The molecular formula is C11H19N3O2. The summed E-state index contributed by atoms with van der Waals surface area (Å²) in [6.45, 7) is 5.23. The molecule has 1 atom stereocenters. The van der Waals surface area contributed by atoms with Gasteiger partial charge in [-0.05, 0) is 19.4 Å². The number of amides is 2. The Kier molecular flexibility index (Phi) is 3.43. The van der Waals surface area contributed by atoms with E-state index in [2.05, 4.69) is 5.32 Å². The van der Waals surface area contributed by atoms with E-state index in [-0.39, 0.29) is 17.9 Å². The first kappa shape index (κ1) is 11.4. The number of rotatable bonds is 1. The number of nitrogens with zero attached hydrogens (tertiary/aromatic N) is 2. The minimum atomic E-state index is 0.0175. The molecule has 0 radical (unpaired) electrons. The van der Waals surface area contributed by atoms with Gasteiger partial charge >= 0.3 is 0 Å². The zero-order valence-electron chi connectivity index (χ0n) is 9.74. The fraction of sp³-hybridized carbons (Fsp3) is 0.818. The molecule has 0 saturated carbocycles. The third-order valence-electron chi connectivity index (χ3n) is 3.40. The Bertz CT molecular complexity index is 279. The Morgan fingerprint density at radius 1 is 1.12 bits per heavy atom. The summed E-state index contributed by atoms with van der Waals surface area (Å²) in [5.41, 5.74) is 0. The van der Waals surface area contributed by atoms with Crippen molar-refractivity contribution in [1.29, 1.82) is 0 Å². The molecule has 2 heterocycles. The quantitative estimate of drug-likeness (QED) is 0.650. The monoisotopic (exact) mass is 225 g/mol. The lowest BCUT2D eigenvalue weighted by Gasteiger charge is -2.35. The van der Waals surface area contributed by atoms with Crippen molar-refractivity contribution in [3.05, 3.63) is 0 Å². The lowest BCUT2D eigenvalue weighted by molar-refractivity contribution is -0.139. The Hall–Kier alpha value is -1.10. The first-order chi connectivity index (χ1) is 7.68. The first-order valence-corrected chi connectivity index (χ1v) is 5.96. The Morgan fingerprint density at radius 2 is 1.75 bits per heavy atom. The highest BCUT2D eigenvalue weighted by molar-refractivity contribution is 5.82. The fourth-order valence-corrected chi connectivity index (χ4v) is 2.36. The predicted molar refractivity (Wildman–Crippen MR) is 59.9 cm³/mol. The molecular weight excluding hydrogens is 206 g/mol. The normalized spacial score (nSPS) is 25.9. The van der Waals surface area contributed by atoms with Gasteiger partial charge < -0.3 is 15.1 Å². The molecule has 2 amide bonds. The van der Waals surface area contributed by atoms with Crippen LogP contribution in [0.4, 0.5) is 0 Å². The first-order valence-electron chi connectivity index (χ1n) is 5.96. The van der Waals surface area contributed by atoms with Crippen molar-refractivity contribution >= 4 is 11.8 Å². The van der Waals surface area contributed by atoms with Crippen molar-refractivity contribution < 1.29 is 9.59 Å². The molecule has 2 aliphatic heterocycles. The molecule has 2 saturated heterocycles.